The Bertz CT molecular complexity index is 1060. The summed E-state index contributed by atoms with van der Waals surface area (Å²) in [6.45, 7) is 4.10. The molecule has 26 heavy (non-hydrogen) atoms. The number of nitrogens with zero attached hydrogens (tertiary/aromatic N) is 3. The fourth-order valence-corrected chi connectivity index (χ4v) is 2.70. The van der Waals surface area contributed by atoms with Crippen LogP contribution < -0.4 is 10.6 Å². The van der Waals surface area contributed by atoms with Crippen LogP contribution in [-0.4, -0.2) is 15.0 Å². The van der Waals surface area contributed by atoms with Gasteiger partial charge in [-0.15, -0.1) is 0 Å². The Labute approximate surface area is 151 Å². The molecule has 0 bridgehead atoms. The molecule has 2 aromatic carbocycles. The highest BCUT2D eigenvalue weighted by Crippen LogP contribution is 2.24. The van der Waals surface area contributed by atoms with E-state index in [1.165, 1.54) is 12.0 Å². The van der Waals surface area contributed by atoms with E-state index >= 15 is 0 Å². The molecule has 6 heteroatoms. The lowest BCUT2D eigenvalue weighted by atomic mass is 10.1. The lowest BCUT2D eigenvalue weighted by Crippen LogP contribution is -2.03. The first kappa shape index (κ1) is 16.1. The summed E-state index contributed by atoms with van der Waals surface area (Å²) in [5, 5.41) is 6.60. The van der Waals surface area contributed by atoms with E-state index in [4.69, 9.17) is 4.42 Å². The number of rotatable bonds is 5. The predicted molar refractivity (Wildman–Crippen MR) is 103 cm³/mol. The van der Waals surface area contributed by atoms with Crippen LogP contribution in [0.1, 0.15) is 18.1 Å². The van der Waals surface area contributed by atoms with Crippen LogP contribution in [0.5, 0.6) is 0 Å². The standard InChI is InChI=1S/C20H19N5O/c1-3-14-5-4-6-15(9-14)24-20-21-11-13(2)19(25-20)23-16-7-8-18-17(10-16)22-12-26-18/h4-12H,3H2,1-2H3,(H2,21,23,24,25). The molecule has 2 heterocycles. The third kappa shape index (κ3) is 3.35. The van der Waals surface area contributed by atoms with Crippen molar-refractivity contribution in [2.45, 2.75) is 20.3 Å². The molecule has 0 aliphatic rings. The van der Waals surface area contributed by atoms with E-state index in [9.17, 15) is 0 Å². The highest BCUT2D eigenvalue weighted by Gasteiger charge is 2.07. The second-order valence-corrected chi connectivity index (χ2v) is 6.06. The third-order valence-electron chi connectivity index (χ3n) is 4.16. The molecular formula is C20H19N5O. The normalized spacial score (nSPS) is 10.8. The monoisotopic (exact) mass is 345 g/mol. The number of fused-ring (bicyclic) bond motifs is 1. The molecule has 0 spiro atoms. The van der Waals surface area contributed by atoms with Crippen LogP contribution in [-0.2, 0) is 6.42 Å². The summed E-state index contributed by atoms with van der Waals surface area (Å²) < 4.78 is 5.28. The molecule has 0 unspecified atom stereocenters. The Kier molecular flexibility index (Phi) is 4.23. The minimum atomic E-state index is 0.550. The molecule has 4 rings (SSSR count). The first-order valence-electron chi connectivity index (χ1n) is 8.51. The van der Waals surface area contributed by atoms with E-state index in [2.05, 4.69) is 44.6 Å². The summed E-state index contributed by atoms with van der Waals surface area (Å²) in [6.07, 6.45) is 4.23. The molecule has 4 aromatic rings. The first-order chi connectivity index (χ1) is 12.7. The van der Waals surface area contributed by atoms with E-state index in [0.717, 1.165) is 40.3 Å². The summed E-state index contributed by atoms with van der Waals surface area (Å²) >= 11 is 0. The van der Waals surface area contributed by atoms with Crippen molar-refractivity contribution in [2.75, 3.05) is 10.6 Å². The number of hydrogen-bond donors (Lipinski definition) is 2. The minimum Gasteiger partial charge on any atom is -0.443 e. The van der Waals surface area contributed by atoms with Crippen LogP contribution in [0.25, 0.3) is 11.1 Å². The van der Waals surface area contributed by atoms with Gasteiger partial charge in [-0.25, -0.2) is 9.97 Å². The maximum absolute atomic E-state index is 5.28. The summed E-state index contributed by atoms with van der Waals surface area (Å²) in [5.74, 6) is 1.30. The van der Waals surface area contributed by atoms with Crippen molar-refractivity contribution in [3.63, 3.8) is 0 Å². The molecule has 0 atom stereocenters. The lowest BCUT2D eigenvalue weighted by Gasteiger charge is -2.11. The lowest BCUT2D eigenvalue weighted by molar-refractivity contribution is 0.602. The number of aryl methyl sites for hydroxylation is 2. The van der Waals surface area contributed by atoms with Crippen molar-refractivity contribution in [1.29, 1.82) is 0 Å². The SMILES string of the molecule is CCc1cccc(Nc2ncc(C)c(Nc3ccc4ocnc4c3)n2)c1. The topological polar surface area (TPSA) is 75.9 Å². The maximum atomic E-state index is 5.28. The molecular weight excluding hydrogens is 326 g/mol. The maximum Gasteiger partial charge on any atom is 0.229 e. The molecule has 0 aliphatic carbocycles. The minimum absolute atomic E-state index is 0.550. The van der Waals surface area contributed by atoms with Gasteiger partial charge in [0.2, 0.25) is 5.95 Å². The average Bonchev–Trinajstić information content (AvgIpc) is 3.12. The first-order valence-corrected chi connectivity index (χ1v) is 8.51. The van der Waals surface area contributed by atoms with Gasteiger partial charge in [0.25, 0.3) is 0 Å². The van der Waals surface area contributed by atoms with E-state index in [1.54, 1.807) is 6.20 Å². The van der Waals surface area contributed by atoms with Crippen LogP contribution >= 0.6 is 0 Å². The Balaban J connectivity index is 1.59. The Morgan fingerprint density at radius 2 is 1.88 bits per heavy atom. The van der Waals surface area contributed by atoms with Crippen LogP contribution in [0.2, 0.25) is 0 Å². The zero-order chi connectivity index (χ0) is 17.9. The van der Waals surface area contributed by atoms with Gasteiger partial charge in [0, 0.05) is 23.1 Å². The Hall–Kier alpha value is -3.41. The summed E-state index contributed by atoms with van der Waals surface area (Å²) in [5.41, 5.74) is 5.65. The van der Waals surface area contributed by atoms with E-state index < -0.39 is 0 Å². The molecule has 0 saturated carbocycles. The fourth-order valence-electron chi connectivity index (χ4n) is 2.70. The van der Waals surface area contributed by atoms with Gasteiger partial charge < -0.3 is 15.1 Å². The number of hydrogen-bond acceptors (Lipinski definition) is 6. The van der Waals surface area contributed by atoms with Crippen LogP contribution in [0.3, 0.4) is 0 Å². The van der Waals surface area contributed by atoms with Gasteiger partial charge in [-0.2, -0.15) is 4.98 Å². The molecule has 2 aromatic heterocycles. The van der Waals surface area contributed by atoms with Crippen molar-refractivity contribution in [1.82, 2.24) is 15.0 Å². The van der Waals surface area contributed by atoms with Gasteiger partial charge in [0.1, 0.15) is 11.3 Å². The van der Waals surface area contributed by atoms with Crippen molar-refractivity contribution in [3.05, 3.63) is 66.2 Å². The fraction of sp³-hybridized carbons (Fsp3) is 0.150. The number of benzene rings is 2. The molecule has 0 amide bonds. The van der Waals surface area contributed by atoms with Crippen LogP contribution in [0.15, 0.2) is 59.5 Å². The molecule has 0 radical (unpaired) electrons. The van der Waals surface area contributed by atoms with Gasteiger partial charge >= 0.3 is 0 Å². The summed E-state index contributed by atoms with van der Waals surface area (Å²) in [6, 6.07) is 14.0. The highest BCUT2D eigenvalue weighted by atomic mass is 16.3. The Morgan fingerprint density at radius 3 is 2.77 bits per heavy atom. The second kappa shape index (κ2) is 6.84. The van der Waals surface area contributed by atoms with Gasteiger partial charge in [-0.05, 0) is 49.2 Å². The number of anilines is 4. The van der Waals surface area contributed by atoms with Gasteiger partial charge in [-0.3, -0.25) is 0 Å². The van der Waals surface area contributed by atoms with Crippen LogP contribution in [0, 0.1) is 6.92 Å². The van der Waals surface area contributed by atoms with Gasteiger partial charge in [0.15, 0.2) is 12.0 Å². The quantitative estimate of drug-likeness (QED) is 0.531. The zero-order valence-electron chi connectivity index (χ0n) is 14.7. The smallest absolute Gasteiger partial charge is 0.229 e. The third-order valence-corrected chi connectivity index (χ3v) is 4.16. The van der Waals surface area contributed by atoms with E-state index in [-0.39, 0.29) is 0 Å². The summed E-state index contributed by atoms with van der Waals surface area (Å²) in [4.78, 5) is 13.2. The van der Waals surface area contributed by atoms with Gasteiger partial charge in [-0.1, -0.05) is 19.1 Å². The number of oxazole rings is 1. The van der Waals surface area contributed by atoms with Crippen molar-refractivity contribution in [2.24, 2.45) is 0 Å². The second-order valence-electron chi connectivity index (χ2n) is 6.06. The van der Waals surface area contributed by atoms with E-state index in [1.807, 2.05) is 37.3 Å². The molecule has 0 fully saturated rings. The number of aromatic nitrogens is 3. The molecule has 0 aliphatic heterocycles. The summed E-state index contributed by atoms with van der Waals surface area (Å²) in [7, 11) is 0. The largest absolute Gasteiger partial charge is 0.443 e. The van der Waals surface area contributed by atoms with Crippen LogP contribution in [0.4, 0.5) is 23.1 Å². The molecule has 0 saturated heterocycles. The van der Waals surface area contributed by atoms with E-state index in [0.29, 0.717) is 5.95 Å². The average molecular weight is 345 g/mol. The van der Waals surface area contributed by atoms with Crippen molar-refractivity contribution >= 4 is 34.2 Å². The number of nitrogens with one attached hydrogen (secondary N) is 2. The molecule has 2 N–H and O–H groups in total. The zero-order valence-corrected chi connectivity index (χ0v) is 14.7. The highest BCUT2D eigenvalue weighted by molar-refractivity contribution is 5.78. The van der Waals surface area contributed by atoms with Crippen molar-refractivity contribution in [3.8, 4) is 0 Å². The van der Waals surface area contributed by atoms with Gasteiger partial charge in [0.05, 0.1) is 0 Å². The molecule has 6 nitrogen and oxygen atoms in total. The van der Waals surface area contributed by atoms with Crippen molar-refractivity contribution < 1.29 is 4.42 Å². The predicted octanol–water partition coefficient (Wildman–Crippen LogP) is 4.98. The Morgan fingerprint density at radius 1 is 1.00 bits per heavy atom. The molecule has 130 valence electrons.